The molecule has 0 unspecified atom stereocenters. The molecule has 0 aliphatic carbocycles. The van der Waals surface area contributed by atoms with Crippen molar-refractivity contribution in [3.63, 3.8) is 0 Å². The molecule has 188 valence electrons. The summed E-state index contributed by atoms with van der Waals surface area (Å²) in [6.45, 7) is 0.741. The molecule has 2 aromatic carbocycles. The number of nitrogens with zero attached hydrogens (tertiary/aromatic N) is 3. The van der Waals surface area contributed by atoms with Gasteiger partial charge in [-0.3, -0.25) is 5.41 Å². The first-order valence-electron chi connectivity index (χ1n) is 11.9. The topological polar surface area (TPSA) is 103 Å². The number of aromatic nitrogens is 3. The molecule has 9 heteroatoms. The van der Waals surface area contributed by atoms with E-state index in [0.717, 1.165) is 24.9 Å². The quantitative estimate of drug-likeness (QED) is 0.260. The first-order valence-corrected chi connectivity index (χ1v) is 13.8. The molecule has 1 saturated heterocycles. The monoisotopic (exact) mass is 515 g/mol. The summed E-state index contributed by atoms with van der Waals surface area (Å²) in [5.41, 5.74) is 3.59. The van der Waals surface area contributed by atoms with Crippen LogP contribution in [-0.2, 0) is 9.84 Å². The first-order chi connectivity index (χ1) is 17.8. The number of benzene rings is 2. The number of hydrogen-bond acceptors (Lipinski definition) is 5. The van der Waals surface area contributed by atoms with Crippen molar-refractivity contribution in [2.45, 2.75) is 23.8 Å². The minimum absolute atomic E-state index is 0.0202. The van der Waals surface area contributed by atoms with Crippen molar-refractivity contribution in [1.29, 1.82) is 5.41 Å². The maximum atomic E-state index is 13.7. The van der Waals surface area contributed by atoms with Crippen molar-refractivity contribution in [2.75, 3.05) is 12.8 Å². The maximum Gasteiger partial charge on any atom is 0.175 e. The fourth-order valence-electron chi connectivity index (χ4n) is 4.55. The number of pyridine rings is 1. The van der Waals surface area contributed by atoms with E-state index in [1.807, 2.05) is 35.2 Å². The maximum absolute atomic E-state index is 13.7. The van der Waals surface area contributed by atoms with E-state index in [9.17, 15) is 12.8 Å². The summed E-state index contributed by atoms with van der Waals surface area (Å²) in [6, 6.07) is 18.8. The van der Waals surface area contributed by atoms with Crippen LogP contribution in [0.1, 0.15) is 30.3 Å². The minimum atomic E-state index is -3.32. The molecule has 5 rings (SSSR count). The van der Waals surface area contributed by atoms with Gasteiger partial charge in [0, 0.05) is 18.4 Å². The Morgan fingerprint density at radius 3 is 2.70 bits per heavy atom. The van der Waals surface area contributed by atoms with Crippen LogP contribution in [0.2, 0.25) is 0 Å². The van der Waals surface area contributed by atoms with Crippen LogP contribution in [0.4, 0.5) is 4.39 Å². The summed E-state index contributed by atoms with van der Waals surface area (Å²) < 4.78 is 37.6. The number of hydrogen-bond donors (Lipinski definition) is 2. The van der Waals surface area contributed by atoms with Crippen molar-refractivity contribution < 1.29 is 12.8 Å². The molecule has 2 aromatic heterocycles. The molecule has 1 aliphatic rings. The molecule has 3 heterocycles. The van der Waals surface area contributed by atoms with E-state index in [1.165, 1.54) is 18.4 Å². The normalized spacial score (nSPS) is 15.9. The second kappa shape index (κ2) is 10.1. The summed E-state index contributed by atoms with van der Waals surface area (Å²) in [7, 11) is -3.32. The number of imidazole rings is 1. The van der Waals surface area contributed by atoms with Crippen molar-refractivity contribution in [2.24, 2.45) is 0 Å². The Kier molecular flexibility index (Phi) is 6.71. The first kappa shape index (κ1) is 24.6. The van der Waals surface area contributed by atoms with Crippen molar-refractivity contribution in [1.82, 2.24) is 19.9 Å². The smallest absolute Gasteiger partial charge is 0.175 e. The molecule has 0 bridgehead atoms. The second-order valence-corrected chi connectivity index (χ2v) is 11.0. The zero-order chi connectivity index (χ0) is 26.0. The van der Waals surface area contributed by atoms with Crippen molar-refractivity contribution in [3.05, 3.63) is 96.2 Å². The van der Waals surface area contributed by atoms with Gasteiger partial charge in [-0.2, -0.15) is 0 Å². The molecule has 37 heavy (non-hydrogen) atoms. The van der Waals surface area contributed by atoms with E-state index in [4.69, 9.17) is 5.41 Å². The highest BCUT2D eigenvalue weighted by molar-refractivity contribution is 7.90. The Hall–Kier alpha value is -4.11. The molecule has 1 aliphatic heterocycles. The Morgan fingerprint density at radius 1 is 1.11 bits per heavy atom. The minimum Gasteiger partial charge on any atom is -0.350 e. The zero-order valence-corrected chi connectivity index (χ0v) is 21.0. The molecule has 1 fully saturated rings. The highest BCUT2D eigenvalue weighted by Crippen LogP contribution is 2.32. The Morgan fingerprint density at radius 2 is 1.89 bits per heavy atom. The van der Waals surface area contributed by atoms with E-state index in [0.29, 0.717) is 34.3 Å². The third-order valence-electron chi connectivity index (χ3n) is 6.37. The zero-order valence-electron chi connectivity index (χ0n) is 20.2. The lowest BCUT2D eigenvalue weighted by Gasteiger charge is -2.26. The van der Waals surface area contributed by atoms with E-state index >= 15 is 0 Å². The number of halogens is 1. The van der Waals surface area contributed by atoms with Gasteiger partial charge < -0.3 is 9.88 Å². The molecule has 1 atom stereocenters. The van der Waals surface area contributed by atoms with Gasteiger partial charge in [0.15, 0.2) is 9.84 Å². The van der Waals surface area contributed by atoms with Crippen LogP contribution >= 0.6 is 0 Å². The highest BCUT2D eigenvalue weighted by atomic mass is 32.2. The number of rotatable bonds is 6. The van der Waals surface area contributed by atoms with E-state index < -0.39 is 9.84 Å². The second-order valence-electron chi connectivity index (χ2n) is 9.02. The summed E-state index contributed by atoms with van der Waals surface area (Å²) >= 11 is 0. The summed E-state index contributed by atoms with van der Waals surface area (Å²) in [4.78, 5) is 14.5. The van der Waals surface area contributed by atoms with Gasteiger partial charge in [0.25, 0.3) is 0 Å². The van der Waals surface area contributed by atoms with Gasteiger partial charge in [-0.1, -0.05) is 30.3 Å². The lowest BCUT2D eigenvalue weighted by Crippen LogP contribution is -2.28. The van der Waals surface area contributed by atoms with Crippen molar-refractivity contribution >= 4 is 21.7 Å². The van der Waals surface area contributed by atoms with Crippen LogP contribution in [0, 0.1) is 11.2 Å². The molecule has 0 saturated carbocycles. The van der Waals surface area contributed by atoms with E-state index in [2.05, 4.69) is 15.0 Å². The van der Waals surface area contributed by atoms with Gasteiger partial charge in [-0.25, -0.2) is 22.8 Å². The fraction of sp³-hybridized carbons (Fsp3) is 0.179. The highest BCUT2D eigenvalue weighted by Gasteiger charge is 2.27. The lowest BCUT2D eigenvalue weighted by molar-refractivity contribution is 0.399. The predicted molar refractivity (Wildman–Crippen MR) is 142 cm³/mol. The third-order valence-corrected chi connectivity index (χ3v) is 7.48. The molecular weight excluding hydrogens is 489 g/mol. The SMILES string of the molecule is CS(=O)(=O)c1cccc(-c2cccc(-c3cnc(/C=C\C(=N)N4CCC[C@@H]4c4cccc(F)c4)[nH]3)n2)c1. The summed E-state index contributed by atoms with van der Waals surface area (Å²) in [6.07, 6.45) is 8.11. The van der Waals surface area contributed by atoms with Gasteiger partial charge in [-0.05, 0) is 67.0 Å². The predicted octanol–water partition coefficient (Wildman–Crippen LogP) is 5.51. The van der Waals surface area contributed by atoms with Crippen LogP contribution in [0.25, 0.3) is 28.7 Å². The molecule has 2 N–H and O–H groups in total. The van der Waals surface area contributed by atoms with Crippen LogP contribution in [0.5, 0.6) is 0 Å². The Bertz CT molecular complexity index is 1600. The van der Waals surface area contributed by atoms with Gasteiger partial charge in [-0.15, -0.1) is 0 Å². The van der Waals surface area contributed by atoms with Crippen LogP contribution in [0.15, 0.2) is 83.9 Å². The lowest BCUT2D eigenvalue weighted by atomic mass is 10.0. The van der Waals surface area contributed by atoms with E-state index in [1.54, 1.807) is 42.6 Å². The number of nitrogens with one attached hydrogen (secondary N) is 2. The molecule has 4 aromatic rings. The van der Waals surface area contributed by atoms with Crippen molar-refractivity contribution in [3.8, 4) is 22.6 Å². The number of amidine groups is 1. The van der Waals surface area contributed by atoms with Gasteiger partial charge in [0.1, 0.15) is 17.5 Å². The van der Waals surface area contributed by atoms with E-state index in [-0.39, 0.29) is 16.8 Å². The summed E-state index contributed by atoms with van der Waals surface area (Å²) in [5.74, 6) is 0.651. The molecule has 0 spiro atoms. The van der Waals surface area contributed by atoms with Crippen LogP contribution in [0.3, 0.4) is 0 Å². The number of aromatic amines is 1. The summed E-state index contributed by atoms with van der Waals surface area (Å²) in [5, 5.41) is 8.57. The average molecular weight is 516 g/mol. The standard InChI is InChI=1S/C28H26FN5O2S/c1-37(35,36)22-9-3-6-19(17-22)23-10-4-11-24(32-23)25-18-31-28(33-25)14-13-27(30)34-15-5-12-26(34)20-7-2-8-21(29)16-20/h2-4,6-11,13-14,16-18,26,30H,5,12,15H2,1H3,(H,31,33)/b14-13-,30-27?/t26-/m1/s1. The average Bonchev–Trinajstić information content (AvgIpc) is 3.57. The van der Waals surface area contributed by atoms with Gasteiger partial charge in [0.2, 0.25) is 0 Å². The fourth-order valence-corrected chi connectivity index (χ4v) is 5.22. The van der Waals surface area contributed by atoms with Gasteiger partial charge >= 0.3 is 0 Å². The molecule has 0 radical (unpaired) electrons. The molecular formula is C28H26FN5O2S. The molecule has 7 nitrogen and oxygen atoms in total. The number of H-pyrrole nitrogens is 1. The largest absolute Gasteiger partial charge is 0.350 e. The van der Waals surface area contributed by atoms with Crippen LogP contribution < -0.4 is 0 Å². The number of likely N-dealkylation sites (tertiary alicyclic amines) is 1. The Labute approximate surface area is 215 Å². The third kappa shape index (κ3) is 5.51. The Balaban J connectivity index is 1.32. The number of sulfone groups is 1. The van der Waals surface area contributed by atoms with Gasteiger partial charge in [0.05, 0.1) is 34.2 Å². The molecule has 0 amide bonds. The van der Waals surface area contributed by atoms with Crippen LogP contribution in [-0.4, -0.2) is 46.9 Å².